The molecule has 17 nitrogen and oxygen atoms in total. The van der Waals surface area contributed by atoms with E-state index in [9.17, 15) is 19.2 Å². The third kappa shape index (κ3) is 7.23. The normalized spacial score (nSPS) is 16.6. The number of rotatable bonds is 13. The first kappa shape index (κ1) is 37.1. The number of primary amides is 2. The van der Waals surface area contributed by atoms with Crippen molar-refractivity contribution in [3.05, 3.63) is 88.3 Å². The molecule has 3 amide bonds. The Morgan fingerprint density at radius 2 is 1.25 bits per heavy atom. The van der Waals surface area contributed by atoms with E-state index < -0.39 is 35.7 Å². The van der Waals surface area contributed by atoms with Gasteiger partial charge >= 0.3 is 0 Å². The highest BCUT2D eigenvalue weighted by atomic mass is 16.8. The molecule has 0 unspecified atom stereocenters. The number of carbonyl (C=O) groups excluding carboxylic acids is 4. The van der Waals surface area contributed by atoms with E-state index in [1.165, 1.54) is 0 Å². The molecule has 6 aromatic rings. The highest BCUT2D eigenvalue weighted by molar-refractivity contribution is 6.03. The number of nitrogens with one attached hydrogen (secondary N) is 1. The summed E-state index contributed by atoms with van der Waals surface area (Å²) in [6.45, 7) is 12.5. The van der Waals surface area contributed by atoms with E-state index in [-0.39, 0.29) is 42.4 Å². The van der Waals surface area contributed by atoms with Gasteiger partial charge in [-0.15, -0.1) is 0 Å². The smallest absolute Gasteiger partial charge is 0.276 e. The summed E-state index contributed by atoms with van der Waals surface area (Å²) in [5.41, 5.74) is 16.2. The molecule has 0 saturated carbocycles. The molecule has 5 heterocycles. The summed E-state index contributed by atoms with van der Waals surface area (Å²) in [6.07, 6.45) is -1.26. The molecule has 0 bridgehead atoms. The lowest BCUT2D eigenvalue weighted by atomic mass is 10.1. The zero-order valence-electron chi connectivity index (χ0n) is 31.5. The predicted molar refractivity (Wildman–Crippen MR) is 202 cm³/mol. The molecule has 0 radical (unpaired) electrons. The van der Waals surface area contributed by atoms with Gasteiger partial charge in [-0.2, -0.15) is 10.2 Å². The number of hydrogen-bond donors (Lipinski definition) is 3. The van der Waals surface area contributed by atoms with E-state index in [1.54, 1.807) is 57.9 Å². The minimum atomic E-state index is -1.02. The molecule has 5 N–H and O–H groups in total. The number of imidazole rings is 2. The van der Waals surface area contributed by atoms with Crippen molar-refractivity contribution in [2.75, 3.05) is 5.32 Å². The van der Waals surface area contributed by atoms with Crippen LogP contribution in [0.4, 0.5) is 5.95 Å². The quantitative estimate of drug-likeness (QED) is 0.146. The zero-order valence-corrected chi connectivity index (χ0v) is 31.5. The first-order valence-corrected chi connectivity index (χ1v) is 18.0. The number of ketones is 1. The molecule has 7 rings (SSSR count). The molecule has 0 spiro atoms. The van der Waals surface area contributed by atoms with Gasteiger partial charge in [-0.05, 0) is 90.1 Å². The van der Waals surface area contributed by atoms with Gasteiger partial charge in [-0.1, -0.05) is 0 Å². The second-order valence-electron chi connectivity index (χ2n) is 14.1. The second-order valence-corrected chi connectivity index (χ2v) is 14.1. The standard InChI is InChI=1S/C38H43N11O6/c1-7-48-28(13-20(3)44-48)30(50)17-33-41-24-15-22(34(39)51)9-11-26(24)46(33)18-31-32(55-38(5,6)54-31)19-47-27-12-10-23(35(40)52)16-25(27)42-37(47)43-36(53)29-14-21(4)45-49(29)8-2/h9-16,31-32H,7-8,17-19H2,1-6H3,(H2,39,51)(H2,40,52)(H,42,43,53)/t31-,32-/m1/s1. The summed E-state index contributed by atoms with van der Waals surface area (Å²) in [5, 5.41) is 11.8. The molecule has 55 heavy (non-hydrogen) atoms. The maximum absolute atomic E-state index is 13.8. The van der Waals surface area contributed by atoms with Crippen LogP contribution in [0.3, 0.4) is 0 Å². The molecular weight excluding hydrogens is 706 g/mol. The summed E-state index contributed by atoms with van der Waals surface area (Å²) in [7, 11) is 0. The van der Waals surface area contributed by atoms with Crippen molar-refractivity contribution in [3.8, 4) is 0 Å². The fourth-order valence-electron chi connectivity index (χ4n) is 7.19. The Morgan fingerprint density at radius 3 is 1.82 bits per heavy atom. The van der Waals surface area contributed by atoms with Gasteiger partial charge < -0.3 is 30.1 Å². The van der Waals surface area contributed by atoms with Crippen LogP contribution in [0.15, 0.2) is 48.5 Å². The number of fused-ring (bicyclic) bond motifs is 2. The minimum absolute atomic E-state index is 0.0499. The molecule has 1 saturated heterocycles. The number of nitrogens with two attached hydrogens (primary N) is 2. The third-order valence-corrected chi connectivity index (χ3v) is 9.62. The van der Waals surface area contributed by atoms with Crippen molar-refractivity contribution in [2.45, 2.75) is 92.1 Å². The minimum Gasteiger partial charge on any atom is -0.366 e. The topological polar surface area (TPSA) is 222 Å². The molecule has 0 aliphatic carbocycles. The van der Waals surface area contributed by atoms with Crippen LogP contribution in [-0.2, 0) is 42.1 Å². The summed E-state index contributed by atoms with van der Waals surface area (Å²) in [5.74, 6) is -2.14. The maximum Gasteiger partial charge on any atom is 0.276 e. The van der Waals surface area contributed by atoms with Crippen LogP contribution in [0.1, 0.15) is 86.6 Å². The summed E-state index contributed by atoms with van der Waals surface area (Å²) >= 11 is 0. The van der Waals surface area contributed by atoms with Crippen LogP contribution in [0.25, 0.3) is 22.1 Å². The highest BCUT2D eigenvalue weighted by Gasteiger charge is 2.42. The van der Waals surface area contributed by atoms with Crippen LogP contribution in [0.5, 0.6) is 0 Å². The molecule has 17 heteroatoms. The Balaban J connectivity index is 1.27. The van der Waals surface area contributed by atoms with Gasteiger partial charge in [0, 0.05) is 24.2 Å². The Hall–Kier alpha value is -6.20. The van der Waals surface area contributed by atoms with Gasteiger partial charge in [0.15, 0.2) is 11.6 Å². The van der Waals surface area contributed by atoms with Gasteiger partial charge in [0.1, 0.15) is 29.4 Å². The van der Waals surface area contributed by atoms with Crippen LogP contribution in [0.2, 0.25) is 0 Å². The predicted octanol–water partition coefficient (Wildman–Crippen LogP) is 3.53. The van der Waals surface area contributed by atoms with Crippen molar-refractivity contribution in [2.24, 2.45) is 11.5 Å². The van der Waals surface area contributed by atoms with Gasteiger partial charge in [0.25, 0.3) is 5.91 Å². The van der Waals surface area contributed by atoms with E-state index in [1.807, 2.05) is 50.7 Å². The number of Topliss-reactive ketones (excluding diaryl/α,β-unsaturated/α-hetero) is 1. The molecule has 286 valence electrons. The largest absolute Gasteiger partial charge is 0.366 e. The zero-order chi connectivity index (χ0) is 39.3. The van der Waals surface area contributed by atoms with Gasteiger partial charge in [0.2, 0.25) is 17.8 Å². The molecule has 2 aromatic carbocycles. The van der Waals surface area contributed by atoms with Crippen molar-refractivity contribution in [3.63, 3.8) is 0 Å². The first-order valence-electron chi connectivity index (χ1n) is 18.0. The Morgan fingerprint density at radius 1 is 0.745 bits per heavy atom. The fourth-order valence-corrected chi connectivity index (χ4v) is 7.19. The van der Waals surface area contributed by atoms with E-state index in [4.69, 9.17) is 30.9 Å². The van der Waals surface area contributed by atoms with Crippen LogP contribution in [-0.4, -0.2) is 80.2 Å². The summed E-state index contributed by atoms with van der Waals surface area (Å²) < 4.78 is 20.0. The van der Waals surface area contributed by atoms with Gasteiger partial charge in [-0.25, -0.2) is 9.97 Å². The molecule has 1 aliphatic heterocycles. The number of aromatic nitrogens is 8. The number of amides is 3. The van der Waals surface area contributed by atoms with Crippen molar-refractivity contribution in [1.29, 1.82) is 0 Å². The van der Waals surface area contributed by atoms with Crippen LogP contribution < -0.4 is 16.8 Å². The van der Waals surface area contributed by atoms with Crippen molar-refractivity contribution in [1.82, 2.24) is 38.7 Å². The second kappa shape index (κ2) is 14.2. The number of hydrogen-bond acceptors (Lipinski definition) is 10. The monoisotopic (exact) mass is 749 g/mol. The Labute approximate surface area is 315 Å². The average molecular weight is 750 g/mol. The maximum atomic E-state index is 13.8. The van der Waals surface area contributed by atoms with E-state index in [2.05, 4.69) is 15.5 Å². The number of nitrogens with zero attached hydrogens (tertiary/aromatic N) is 8. The number of anilines is 1. The number of carbonyl (C=O) groups is 4. The van der Waals surface area contributed by atoms with E-state index in [0.717, 1.165) is 5.69 Å². The molecule has 1 fully saturated rings. The lowest BCUT2D eigenvalue weighted by Gasteiger charge is -2.21. The number of aryl methyl sites for hydroxylation is 4. The number of benzene rings is 2. The Kier molecular flexibility index (Phi) is 9.60. The van der Waals surface area contributed by atoms with Crippen molar-refractivity contribution < 1.29 is 28.7 Å². The van der Waals surface area contributed by atoms with E-state index >= 15 is 0 Å². The van der Waals surface area contributed by atoms with Crippen LogP contribution >= 0.6 is 0 Å². The van der Waals surface area contributed by atoms with Crippen LogP contribution in [0, 0.1) is 13.8 Å². The molecule has 2 atom stereocenters. The molecule has 4 aromatic heterocycles. The van der Waals surface area contributed by atoms with Gasteiger partial charge in [0.05, 0.1) is 53.0 Å². The lowest BCUT2D eigenvalue weighted by Crippen LogP contribution is -2.33. The Bertz CT molecular complexity index is 2330. The van der Waals surface area contributed by atoms with Gasteiger partial charge in [-0.3, -0.25) is 33.9 Å². The third-order valence-electron chi connectivity index (χ3n) is 9.62. The SMILES string of the molecule is CCn1nc(C)cc1C(=O)Cc1nc2cc(C(N)=O)ccc2n1C[C@H]1OC(C)(C)O[C@@H]1Cn1c(NC(=O)c2cc(C)nn2CC)nc2cc(C(N)=O)ccc21. The van der Waals surface area contributed by atoms with Crippen molar-refractivity contribution >= 4 is 51.5 Å². The highest BCUT2D eigenvalue weighted by Crippen LogP contribution is 2.34. The number of ether oxygens (including phenoxy) is 2. The molecule has 1 aliphatic rings. The first-order chi connectivity index (χ1) is 26.1. The summed E-state index contributed by atoms with van der Waals surface area (Å²) in [4.78, 5) is 61.1. The average Bonchev–Trinajstić information content (AvgIpc) is 3.93. The lowest BCUT2D eigenvalue weighted by molar-refractivity contribution is -0.148. The summed E-state index contributed by atoms with van der Waals surface area (Å²) in [6, 6.07) is 13.3. The fraction of sp³-hybridized carbons (Fsp3) is 0.368. The van der Waals surface area contributed by atoms with E-state index in [0.29, 0.717) is 58.1 Å². The molecular formula is C38H43N11O6.